The number of hydrogen-bond donors (Lipinski definition) is 2. The van der Waals surface area contributed by atoms with Gasteiger partial charge in [0.25, 0.3) is 5.91 Å². The number of carbonyl (C=O) groups excluding carboxylic acids is 1. The third-order valence-corrected chi connectivity index (χ3v) is 4.38. The fraction of sp³-hybridized carbons (Fsp3) is 0. The van der Waals surface area contributed by atoms with Gasteiger partial charge in [-0.1, -0.05) is 35.3 Å². The smallest absolute Gasteiger partial charge is 0.275 e. The van der Waals surface area contributed by atoms with Crippen molar-refractivity contribution in [2.45, 2.75) is 0 Å². The minimum atomic E-state index is -0.785. The summed E-state index contributed by atoms with van der Waals surface area (Å²) in [6, 6.07) is 11.8. The number of phenols is 1. The van der Waals surface area contributed by atoms with Gasteiger partial charge in [0, 0.05) is 22.2 Å². The maximum Gasteiger partial charge on any atom is 0.275 e. The molecular formula is C20H12Cl2F2N2O2. The van der Waals surface area contributed by atoms with Crippen LogP contribution < -0.4 is 5.43 Å². The lowest BCUT2D eigenvalue weighted by Gasteiger charge is -2.08. The molecule has 0 aromatic heterocycles. The van der Waals surface area contributed by atoms with E-state index in [0.29, 0.717) is 21.2 Å². The minimum absolute atomic E-state index is 0.0897. The summed E-state index contributed by atoms with van der Waals surface area (Å²) < 4.78 is 27.1. The first-order chi connectivity index (χ1) is 13.3. The summed E-state index contributed by atoms with van der Waals surface area (Å²) in [5.41, 5.74) is 3.05. The van der Waals surface area contributed by atoms with Gasteiger partial charge in [0.2, 0.25) is 0 Å². The van der Waals surface area contributed by atoms with Gasteiger partial charge in [0.05, 0.1) is 16.8 Å². The molecule has 4 nitrogen and oxygen atoms in total. The molecule has 0 heterocycles. The van der Waals surface area contributed by atoms with Gasteiger partial charge in [0.1, 0.15) is 17.4 Å². The van der Waals surface area contributed by atoms with Gasteiger partial charge in [-0.25, -0.2) is 14.2 Å². The zero-order valence-corrected chi connectivity index (χ0v) is 15.6. The maximum absolute atomic E-state index is 14.0. The Labute approximate surface area is 169 Å². The van der Waals surface area contributed by atoms with Crippen molar-refractivity contribution in [1.82, 2.24) is 5.43 Å². The van der Waals surface area contributed by atoms with Crippen LogP contribution in [0, 0.1) is 11.6 Å². The molecule has 0 atom stereocenters. The van der Waals surface area contributed by atoms with Crippen molar-refractivity contribution in [3.63, 3.8) is 0 Å². The molecule has 3 aromatic carbocycles. The number of phenolic OH excluding ortho intramolecular Hbond substituents is 1. The Balaban J connectivity index is 1.82. The molecule has 2 N–H and O–H groups in total. The number of hydrogen-bond acceptors (Lipinski definition) is 3. The van der Waals surface area contributed by atoms with Crippen molar-refractivity contribution in [3.8, 4) is 16.9 Å². The number of halogens is 4. The lowest BCUT2D eigenvalue weighted by Crippen LogP contribution is -2.17. The van der Waals surface area contributed by atoms with Gasteiger partial charge in [-0.05, 0) is 42.0 Å². The van der Waals surface area contributed by atoms with Crippen LogP contribution in [0.1, 0.15) is 15.9 Å². The van der Waals surface area contributed by atoms with Crippen molar-refractivity contribution in [1.29, 1.82) is 0 Å². The Kier molecular flexibility index (Phi) is 5.92. The number of amides is 1. The SMILES string of the molecule is O=C(N/N=C/c1ccc(Cl)cc1Cl)c1cc(-c2ccc(F)cc2F)ccc1O. The molecule has 3 aromatic rings. The molecule has 0 saturated carbocycles. The lowest BCUT2D eigenvalue weighted by atomic mass is 10.0. The summed E-state index contributed by atoms with van der Waals surface area (Å²) in [5.74, 6) is -2.53. The van der Waals surface area contributed by atoms with Crippen LogP contribution in [0.3, 0.4) is 0 Å². The molecule has 142 valence electrons. The van der Waals surface area contributed by atoms with Crippen LogP contribution in [0.25, 0.3) is 11.1 Å². The molecule has 0 unspecified atom stereocenters. The second-order valence-electron chi connectivity index (χ2n) is 5.72. The molecule has 3 rings (SSSR count). The second-order valence-corrected chi connectivity index (χ2v) is 6.56. The predicted molar refractivity (Wildman–Crippen MR) is 105 cm³/mol. The summed E-state index contributed by atoms with van der Waals surface area (Å²) in [6.07, 6.45) is 1.32. The minimum Gasteiger partial charge on any atom is -0.507 e. The van der Waals surface area contributed by atoms with E-state index < -0.39 is 17.5 Å². The molecular weight excluding hydrogens is 409 g/mol. The molecule has 8 heteroatoms. The van der Waals surface area contributed by atoms with Crippen LogP contribution in [-0.2, 0) is 0 Å². The van der Waals surface area contributed by atoms with Crippen molar-refractivity contribution in [2.75, 3.05) is 0 Å². The summed E-state index contributed by atoms with van der Waals surface area (Å²) in [6.45, 7) is 0. The van der Waals surface area contributed by atoms with Crippen LogP contribution in [0.4, 0.5) is 8.78 Å². The van der Waals surface area contributed by atoms with Crippen molar-refractivity contribution < 1.29 is 18.7 Å². The van der Waals surface area contributed by atoms with Crippen LogP contribution in [0.5, 0.6) is 5.75 Å². The second kappa shape index (κ2) is 8.37. The Morgan fingerprint density at radius 1 is 1.04 bits per heavy atom. The van der Waals surface area contributed by atoms with E-state index in [0.717, 1.165) is 12.1 Å². The fourth-order valence-electron chi connectivity index (χ4n) is 2.44. The molecule has 28 heavy (non-hydrogen) atoms. The molecule has 1 amide bonds. The first-order valence-electron chi connectivity index (χ1n) is 7.92. The highest BCUT2D eigenvalue weighted by Crippen LogP contribution is 2.28. The highest BCUT2D eigenvalue weighted by molar-refractivity contribution is 6.36. The van der Waals surface area contributed by atoms with Crippen molar-refractivity contribution >= 4 is 35.3 Å². The highest BCUT2D eigenvalue weighted by Gasteiger charge is 2.14. The zero-order chi connectivity index (χ0) is 20.3. The van der Waals surface area contributed by atoms with Crippen LogP contribution in [-0.4, -0.2) is 17.2 Å². The number of carbonyl (C=O) groups is 1. The van der Waals surface area contributed by atoms with E-state index in [1.807, 2.05) is 0 Å². The molecule has 0 aliphatic carbocycles. The van der Waals surface area contributed by atoms with Gasteiger partial charge >= 0.3 is 0 Å². The third kappa shape index (κ3) is 4.47. The Morgan fingerprint density at radius 2 is 1.82 bits per heavy atom. The van der Waals surface area contributed by atoms with Gasteiger partial charge in [-0.3, -0.25) is 4.79 Å². The summed E-state index contributed by atoms with van der Waals surface area (Å²) in [7, 11) is 0. The van der Waals surface area contributed by atoms with E-state index >= 15 is 0 Å². The molecule has 0 aliphatic heterocycles. The molecule has 0 fully saturated rings. The number of aromatic hydroxyl groups is 1. The zero-order valence-electron chi connectivity index (χ0n) is 14.1. The first-order valence-corrected chi connectivity index (χ1v) is 8.67. The van der Waals surface area contributed by atoms with Crippen molar-refractivity contribution in [3.05, 3.63) is 87.4 Å². The maximum atomic E-state index is 14.0. The van der Waals surface area contributed by atoms with Crippen molar-refractivity contribution in [2.24, 2.45) is 5.10 Å². The number of nitrogens with zero attached hydrogens (tertiary/aromatic N) is 1. The standard InChI is InChI=1S/C20H12Cl2F2N2O2/c21-13-3-1-12(17(22)8-13)10-25-26-20(28)16-7-11(2-6-19(16)27)15-5-4-14(23)9-18(15)24/h1-10,27H,(H,26,28)/b25-10+. The van der Waals surface area contributed by atoms with E-state index in [-0.39, 0.29) is 16.9 Å². The van der Waals surface area contributed by atoms with E-state index in [9.17, 15) is 18.7 Å². The van der Waals surface area contributed by atoms with E-state index in [4.69, 9.17) is 23.2 Å². The lowest BCUT2D eigenvalue weighted by molar-refractivity contribution is 0.0952. The van der Waals surface area contributed by atoms with Crippen LogP contribution in [0.15, 0.2) is 59.7 Å². The summed E-state index contributed by atoms with van der Waals surface area (Å²) in [5, 5.41) is 14.6. The Bertz CT molecular complexity index is 1090. The molecule has 0 radical (unpaired) electrons. The number of nitrogens with one attached hydrogen (secondary N) is 1. The topological polar surface area (TPSA) is 61.7 Å². The number of hydrazone groups is 1. The van der Waals surface area contributed by atoms with Crippen LogP contribution in [0.2, 0.25) is 10.0 Å². The fourth-order valence-corrected chi connectivity index (χ4v) is 2.89. The third-order valence-electron chi connectivity index (χ3n) is 3.82. The van der Waals surface area contributed by atoms with Gasteiger partial charge < -0.3 is 5.11 Å². The van der Waals surface area contributed by atoms with Gasteiger partial charge in [0.15, 0.2) is 0 Å². The Morgan fingerprint density at radius 3 is 2.54 bits per heavy atom. The largest absolute Gasteiger partial charge is 0.507 e. The number of rotatable bonds is 4. The molecule has 0 spiro atoms. The van der Waals surface area contributed by atoms with E-state index in [1.165, 1.54) is 36.5 Å². The van der Waals surface area contributed by atoms with E-state index in [1.54, 1.807) is 12.1 Å². The van der Waals surface area contributed by atoms with Gasteiger partial charge in [-0.15, -0.1) is 0 Å². The molecule has 0 bridgehead atoms. The average Bonchev–Trinajstić information content (AvgIpc) is 2.64. The quantitative estimate of drug-likeness (QED) is 0.437. The van der Waals surface area contributed by atoms with Gasteiger partial charge in [-0.2, -0.15) is 5.10 Å². The highest BCUT2D eigenvalue weighted by atomic mass is 35.5. The Hall–Kier alpha value is -2.96. The van der Waals surface area contributed by atoms with Crippen LogP contribution >= 0.6 is 23.2 Å². The monoisotopic (exact) mass is 420 g/mol. The predicted octanol–water partition coefficient (Wildman–Crippen LogP) is 5.41. The summed E-state index contributed by atoms with van der Waals surface area (Å²) >= 11 is 11.8. The number of benzene rings is 3. The average molecular weight is 421 g/mol. The van der Waals surface area contributed by atoms with E-state index in [2.05, 4.69) is 10.5 Å². The molecule has 0 aliphatic rings. The molecule has 0 saturated heterocycles. The summed E-state index contributed by atoms with van der Waals surface area (Å²) in [4.78, 5) is 12.3. The first kappa shape index (κ1) is 19.8. The normalized spacial score (nSPS) is 11.0.